The lowest BCUT2D eigenvalue weighted by Crippen LogP contribution is -2.40. The van der Waals surface area contributed by atoms with Crippen molar-refractivity contribution in [2.75, 3.05) is 24.7 Å². The number of benzene rings is 2. The molecule has 9 heteroatoms. The number of hydrogen-bond donors (Lipinski definition) is 2. The van der Waals surface area contributed by atoms with Crippen molar-refractivity contribution in [2.24, 2.45) is 0 Å². The number of H-pyrrole nitrogens is 1. The number of hydrogen-bond acceptors (Lipinski definition) is 3. The van der Waals surface area contributed by atoms with Gasteiger partial charge in [0, 0.05) is 43.3 Å². The van der Waals surface area contributed by atoms with E-state index in [9.17, 15) is 18.0 Å². The average molecular weight is 486 g/mol. The highest BCUT2D eigenvalue weighted by Crippen LogP contribution is 2.48. The number of aryl methyl sites for hydroxylation is 1. The summed E-state index contributed by atoms with van der Waals surface area (Å²) in [6.45, 7) is 4.34. The number of rotatable bonds is 2. The lowest BCUT2D eigenvalue weighted by molar-refractivity contribution is -0.192. The molecule has 2 aromatic carbocycles. The molecule has 0 unspecified atom stereocenters. The van der Waals surface area contributed by atoms with Crippen LogP contribution >= 0.6 is 0 Å². The third-order valence-corrected chi connectivity index (χ3v) is 6.49. The third kappa shape index (κ3) is 5.09. The van der Waals surface area contributed by atoms with Gasteiger partial charge in [-0.15, -0.1) is 0 Å². The summed E-state index contributed by atoms with van der Waals surface area (Å²) >= 11 is 0. The molecule has 0 aliphatic carbocycles. The Bertz CT molecular complexity index is 1200. The van der Waals surface area contributed by atoms with Gasteiger partial charge in [-0.1, -0.05) is 35.9 Å². The average Bonchev–Trinajstić information content (AvgIpc) is 3.47. The maximum atomic E-state index is 13.2. The second kappa shape index (κ2) is 9.58. The number of carbonyl (C=O) groups is 2. The zero-order chi connectivity index (χ0) is 25.2. The van der Waals surface area contributed by atoms with E-state index in [0.29, 0.717) is 5.56 Å². The molecule has 1 saturated heterocycles. The number of fused-ring (bicyclic) bond motifs is 2. The Morgan fingerprint density at radius 2 is 1.66 bits per heavy atom. The minimum absolute atomic E-state index is 0.0136. The van der Waals surface area contributed by atoms with Gasteiger partial charge in [0.15, 0.2) is 0 Å². The molecule has 2 aliphatic rings. The van der Waals surface area contributed by atoms with E-state index in [-0.39, 0.29) is 11.3 Å². The molecular formula is C26H25F3N2O4. The molecule has 2 aliphatic heterocycles. The summed E-state index contributed by atoms with van der Waals surface area (Å²) < 4.78 is 37.4. The molecule has 3 heterocycles. The van der Waals surface area contributed by atoms with Crippen LogP contribution in [0.25, 0.3) is 11.1 Å². The molecule has 35 heavy (non-hydrogen) atoms. The SMILES string of the molecule is Cc1ccc(-c2ccc3c(c2)C2(CCOCC2)CN3C(=O)c2cc[nH]c2)cc1.O=C(O)C(F)(F)F. The van der Waals surface area contributed by atoms with E-state index in [1.165, 1.54) is 22.3 Å². The first kappa shape index (κ1) is 24.5. The number of carboxylic acid groups (broad SMARTS) is 1. The van der Waals surface area contributed by atoms with Crippen LogP contribution in [0, 0.1) is 6.92 Å². The number of aromatic nitrogens is 1. The van der Waals surface area contributed by atoms with Crippen molar-refractivity contribution in [3.05, 3.63) is 77.6 Å². The number of aromatic amines is 1. The van der Waals surface area contributed by atoms with Crippen LogP contribution in [0.2, 0.25) is 0 Å². The van der Waals surface area contributed by atoms with E-state index in [0.717, 1.165) is 38.3 Å². The van der Waals surface area contributed by atoms with E-state index in [1.807, 2.05) is 11.0 Å². The predicted molar refractivity (Wildman–Crippen MR) is 125 cm³/mol. The van der Waals surface area contributed by atoms with E-state index in [2.05, 4.69) is 54.4 Å². The fourth-order valence-corrected chi connectivity index (χ4v) is 4.58. The molecule has 184 valence electrons. The largest absolute Gasteiger partial charge is 0.490 e. The monoisotopic (exact) mass is 486 g/mol. The number of anilines is 1. The standard InChI is InChI=1S/C24H24N2O2.C2HF3O2/c1-17-2-4-18(5-3-17)19-6-7-22-21(14-19)24(9-12-28-13-10-24)16-26(22)23(27)20-8-11-25-15-20;3-2(4,5)1(6)7/h2-8,11,14-15,25H,9-10,12-13,16H2,1H3;(H,6,7). The molecule has 6 nitrogen and oxygen atoms in total. The second-order valence-corrected chi connectivity index (χ2v) is 8.78. The Balaban J connectivity index is 0.000000364. The van der Waals surface area contributed by atoms with Crippen molar-refractivity contribution in [3.63, 3.8) is 0 Å². The molecule has 0 saturated carbocycles. The summed E-state index contributed by atoms with van der Waals surface area (Å²) in [5, 5.41) is 7.12. The number of carbonyl (C=O) groups excluding carboxylic acids is 1. The van der Waals surface area contributed by atoms with Crippen LogP contribution in [-0.4, -0.2) is 47.9 Å². The Kier molecular flexibility index (Phi) is 6.71. The molecule has 0 bridgehead atoms. The Labute approximate surface area is 200 Å². The van der Waals surface area contributed by atoms with E-state index >= 15 is 0 Å². The van der Waals surface area contributed by atoms with Crippen molar-refractivity contribution in [3.8, 4) is 11.1 Å². The molecule has 1 fully saturated rings. The van der Waals surface area contributed by atoms with E-state index in [4.69, 9.17) is 14.6 Å². The number of nitrogens with zero attached hydrogens (tertiary/aromatic N) is 1. The minimum Gasteiger partial charge on any atom is -0.475 e. The first-order valence-corrected chi connectivity index (χ1v) is 11.1. The molecule has 3 aromatic rings. The first-order valence-electron chi connectivity index (χ1n) is 11.1. The number of alkyl halides is 3. The Hall–Kier alpha value is -3.59. The second-order valence-electron chi connectivity index (χ2n) is 8.78. The van der Waals surface area contributed by atoms with Crippen molar-refractivity contribution in [1.82, 2.24) is 4.98 Å². The third-order valence-electron chi connectivity index (χ3n) is 6.49. The van der Waals surface area contributed by atoms with Crippen molar-refractivity contribution in [1.29, 1.82) is 0 Å². The van der Waals surface area contributed by atoms with Gasteiger partial charge in [0.25, 0.3) is 5.91 Å². The van der Waals surface area contributed by atoms with Crippen LogP contribution in [0.1, 0.15) is 34.3 Å². The van der Waals surface area contributed by atoms with Crippen molar-refractivity contribution < 1.29 is 32.6 Å². The normalized spacial score (nSPS) is 16.4. The minimum atomic E-state index is -5.08. The topological polar surface area (TPSA) is 82.6 Å². The predicted octanol–water partition coefficient (Wildman–Crippen LogP) is 5.33. The van der Waals surface area contributed by atoms with Crippen LogP contribution in [0.3, 0.4) is 0 Å². The van der Waals surface area contributed by atoms with Gasteiger partial charge >= 0.3 is 12.1 Å². The van der Waals surface area contributed by atoms with Crippen LogP contribution in [-0.2, 0) is 14.9 Å². The smallest absolute Gasteiger partial charge is 0.475 e. The van der Waals surface area contributed by atoms with E-state index < -0.39 is 12.1 Å². The summed E-state index contributed by atoms with van der Waals surface area (Å²) in [7, 11) is 0. The van der Waals surface area contributed by atoms with Gasteiger partial charge in [0.2, 0.25) is 0 Å². The van der Waals surface area contributed by atoms with Gasteiger partial charge < -0.3 is 19.7 Å². The Morgan fingerprint density at radius 1 is 1.03 bits per heavy atom. The van der Waals surface area contributed by atoms with Crippen LogP contribution < -0.4 is 4.90 Å². The highest BCUT2D eigenvalue weighted by Gasteiger charge is 2.46. The molecule has 1 spiro atoms. The molecule has 0 radical (unpaired) electrons. The maximum Gasteiger partial charge on any atom is 0.490 e. The van der Waals surface area contributed by atoms with Gasteiger partial charge in [-0.3, -0.25) is 4.79 Å². The number of halogens is 3. The van der Waals surface area contributed by atoms with Gasteiger partial charge in [-0.2, -0.15) is 13.2 Å². The van der Waals surface area contributed by atoms with Crippen molar-refractivity contribution >= 4 is 17.6 Å². The molecule has 1 amide bonds. The molecule has 5 rings (SSSR count). The summed E-state index contributed by atoms with van der Waals surface area (Å²) in [4.78, 5) is 27.0. The van der Waals surface area contributed by atoms with Crippen LogP contribution in [0.4, 0.5) is 18.9 Å². The van der Waals surface area contributed by atoms with E-state index in [1.54, 1.807) is 12.4 Å². The number of amides is 1. The number of nitrogens with one attached hydrogen (secondary N) is 1. The summed E-state index contributed by atoms with van der Waals surface area (Å²) in [6.07, 6.45) is 0.398. The zero-order valence-electron chi connectivity index (χ0n) is 19.1. The summed E-state index contributed by atoms with van der Waals surface area (Å²) in [5.74, 6) is -2.69. The quantitative estimate of drug-likeness (QED) is 0.513. The van der Waals surface area contributed by atoms with Crippen LogP contribution in [0.15, 0.2) is 60.9 Å². The summed E-state index contributed by atoms with van der Waals surface area (Å²) in [6, 6.07) is 17.0. The van der Waals surface area contributed by atoms with Gasteiger partial charge in [-0.25, -0.2) is 4.79 Å². The Morgan fingerprint density at radius 3 is 2.23 bits per heavy atom. The number of carboxylic acids is 1. The number of aliphatic carboxylic acids is 1. The zero-order valence-corrected chi connectivity index (χ0v) is 19.1. The highest BCUT2D eigenvalue weighted by molar-refractivity contribution is 6.07. The van der Waals surface area contributed by atoms with Gasteiger partial charge in [0.1, 0.15) is 0 Å². The molecule has 1 aromatic heterocycles. The van der Waals surface area contributed by atoms with Gasteiger partial charge in [-0.05, 0) is 54.7 Å². The first-order chi connectivity index (χ1) is 16.6. The lowest BCUT2D eigenvalue weighted by Gasteiger charge is -2.34. The van der Waals surface area contributed by atoms with Crippen LogP contribution in [0.5, 0.6) is 0 Å². The number of ether oxygens (including phenoxy) is 1. The molecule has 2 N–H and O–H groups in total. The molecule has 0 atom stereocenters. The molecular weight excluding hydrogens is 461 g/mol. The maximum absolute atomic E-state index is 13.2. The summed E-state index contributed by atoms with van der Waals surface area (Å²) in [5.41, 5.74) is 6.71. The van der Waals surface area contributed by atoms with Gasteiger partial charge in [0.05, 0.1) is 5.56 Å². The highest BCUT2D eigenvalue weighted by atomic mass is 19.4. The van der Waals surface area contributed by atoms with Crippen molar-refractivity contribution in [2.45, 2.75) is 31.4 Å². The fraction of sp³-hybridized carbons (Fsp3) is 0.308. The fourth-order valence-electron chi connectivity index (χ4n) is 4.58. The lowest BCUT2D eigenvalue weighted by atomic mass is 9.75.